The molecule has 1 unspecified atom stereocenters. The maximum absolute atomic E-state index is 12.9. The Morgan fingerprint density at radius 3 is 2.64 bits per heavy atom. The van der Waals surface area contributed by atoms with Crippen molar-refractivity contribution in [2.75, 3.05) is 6.26 Å². The summed E-state index contributed by atoms with van der Waals surface area (Å²) in [6.07, 6.45) is 2.68. The number of rotatable bonds is 2. The van der Waals surface area contributed by atoms with Gasteiger partial charge in [0.2, 0.25) is 0 Å². The molecule has 114 valence electrons. The molecule has 22 heavy (non-hydrogen) atoms. The third-order valence-electron chi connectivity index (χ3n) is 3.85. The number of Topliss-reactive ketones (excluding diaryl/α,β-unsaturated/α-hetero) is 1. The minimum absolute atomic E-state index is 0.0333. The first-order valence-corrected chi connectivity index (χ1v) is 9.05. The lowest BCUT2D eigenvalue weighted by molar-refractivity contribution is 0.0951. The van der Waals surface area contributed by atoms with Crippen molar-refractivity contribution in [3.05, 3.63) is 41.5 Å². The van der Waals surface area contributed by atoms with E-state index in [2.05, 4.69) is 6.07 Å². The molecule has 5 heteroatoms. The van der Waals surface area contributed by atoms with Gasteiger partial charge in [0.05, 0.1) is 5.56 Å². The van der Waals surface area contributed by atoms with E-state index in [0.29, 0.717) is 16.9 Å². The third-order valence-corrected chi connectivity index (χ3v) is 5.69. The van der Waals surface area contributed by atoms with Gasteiger partial charge in [0, 0.05) is 26.7 Å². The van der Waals surface area contributed by atoms with Crippen LogP contribution < -0.4 is 0 Å². The Labute approximate surface area is 137 Å². The van der Waals surface area contributed by atoms with Crippen LogP contribution in [0.25, 0.3) is 0 Å². The van der Waals surface area contributed by atoms with Crippen LogP contribution >= 0.6 is 23.5 Å². The molecule has 2 aromatic carbocycles. The molecule has 1 heterocycles. The summed E-state index contributed by atoms with van der Waals surface area (Å²) in [6, 6.07) is 8.87. The molecule has 0 aromatic heterocycles. The predicted octanol–water partition coefficient (Wildman–Crippen LogP) is 4.66. The maximum atomic E-state index is 12.9. The Hall–Kier alpha value is -1.59. The minimum Gasteiger partial charge on any atom is -0.508 e. The summed E-state index contributed by atoms with van der Waals surface area (Å²) in [5.74, 6) is -0.536. The van der Waals surface area contributed by atoms with Crippen LogP contribution in [-0.4, -0.2) is 22.3 Å². The van der Waals surface area contributed by atoms with E-state index >= 15 is 0 Å². The molecule has 0 saturated heterocycles. The zero-order valence-corrected chi connectivity index (χ0v) is 13.9. The summed E-state index contributed by atoms with van der Waals surface area (Å²) in [6.45, 7) is 1.97. The summed E-state index contributed by atoms with van der Waals surface area (Å²) in [5.41, 5.74) is 1.31. The van der Waals surface area contributed by atoms with Crippen LogP contribution in [0, 0.1) is 0 Å². The van der Waals surface area contributed by atoms with Crippen LogP contribution in [0.1, 0.15) is 35.2 Å². The lowest BCUT2D eigenvalue weighted by Crippen LogP contribution is -2.12. The fraction of sp³-hybridized carbons (Fsp3) is 0.235. The monoisotopic (exact) mass is 332 g/mol. The van der Waals surface area contributed by atoms with Gasteiger partial charge in [-0.15, -0.1) is 11.8 Å². The van der Waals surface area contributed by atoms with Crippen molar-refractivity contribution >= 4 is 29.3 Å². The van der Waals surface area contributed by atoms with Crippen molar-refractivity contribution in [3.8, 4) is 11.5 Å². The number of hydrogen-bond donors (Lipinski definition) is 2. The second kappa shape index (κ2) is 5.89. The molecule has 0 spiro atoms. The van der Waals surface area contributed by atoms with Gasteiger partial charge in [-0.05, 0) is 36.4 Å². The van der Waals surface area contributed by atoms with Gasteiger partial charge in [0.25, 0.3) is 0 Å². The van der Waals surface area contributed by atoms with Gasteiger partial charge in [-0.2, -0.15) is 0 Å². The summed E-state index contributed by atoms with van der Waals surface area (Å²) in [7, 11) is 0. The molecule has 1 aliphatic rings. The van der Waals surface area contributed by atoms with Crippen molar-refractivity contribution in [1.82, 2.24) is 0 Å². The highest BCUT2D eigenvalue weighted by molar-refractivity contribution is 8.00. The number of fused-ring (bicyclic) bond motifs is 2. The second-order valence-corrected chi connectivity index (χ2v) is 7.13. The smallest absolute Gasteiger partial charge is 0.175 e. The normalized spacial score (nSPS) is 16.8. The highest BCUT2D eigenvalue weighted by Gasteiger charge is 2.31. The first-order chi connectivity index (χ1) is 10.5. The summed E-state index contributed by atoms with van der Waals surface area (Å²) < 4.78 is 0. The molecule has 0 bridgehead atoms. The second-order valence-electron chi connectivity index (χ2n) is 5.17. The number of hydrogen-bond acceptors (Lipinski definition) is 5. The Bertz CT molecular complexity index is 756. The molecule has 3 rings (SSSR count). The van der Waals surface area contributed by atoms with Crippen molar-refractivity contribution in [2.45, 2.75) is 33.9 Å². The predicted molar refractivity (Wildman–Crippen MR) is 89.5 cm³/mol. The van der Waals surface area contributed by atoms with Crippen LogP contribution in [0.2, 0.25) is 0 Å². The first kappa shape index (κ1) is 15.3. The van der Waals surface area contributed by atoms with Gasteiger partial charge < -0.3 is 10.2 Å². The topological polar surface area (TPSA) is 57.5 Å². The quantitative estimate of drug-likeness (QED) is 0.783. The molecule has 0 amide bonds. The van der Waals surface area contributed by atoms with Crippen molar-refractivity contribution in [2.24, 2.45) is 0 Å². The number of phenols is 2. The molecule has 0 aliphatic carbocycles. The summed E-state index contributed by atoms with van der Waals surface area (Å²) in [5, 5.41) is 19.9. The minimum atomic E-state index is -0.268. The van der Waals surface area contributed by atoms with Crippen molar-refractivity contribution in [3.63, 3.8) is 0 Å². The van der Waals surface area contributed by atoms with Crippen LogP contribution in [0.4, 0.5) is 0 Å². The van der Waals surface area contributed by atoms with Gasteiger partial charge in [0.1, 0.15) is 11.5 Å². The molecule has 2 aromatic rings. The molecular formula is C17H16O3S2. The van der Waals surface area contributed by atoms with E-state index in [0.717, 1.165) is 15.4 Å². The molecule has 0 saturated carbocycles. The number of phenolic OH excluding ortho intramolecular Hbond substituents is 2. The van der Waals surface area contributed by atoms with E-state index < -0.39 is 0 Å². The molecule has 3 nitrogen and oxygen atoms in total. The molecule has 0 fully saturated rings. The summed E-state index contributed by atoms with van der Waals surface area (Å²) in [4.78, 5) is 15.6. The fourth-order valence-electron chi connectivity index (χ4n) is 2.77. The number of thioether (sulfide) groups is 1. The lowest BCUT2D eigenvalue weighted by atomic mass is 9.88. The maximum Gasteiger partial charge on any atom is 0.175 e. The third kappa shape index (κ3) is 2.48. The van der Waals surface area contributed by atoms with E-state index in [4.69, 9.17) is 0 Å². The molecule has 1 atom stereocenters. The Kier molecular flexibility index (Phi) is 4.10. The fourth-order valence-corrected chi connectivity index (χ4v) is 4.52. The highest BCUT2D eigenvalue weighted by atomic mass is 32.2. The SMILES string of the molecule is CCC1C(=O)c2c(O)cc(O)cc2Sc2cc(SC)ccc21. The number of carbonyl (C=O) groups is 1. The zero-order chi connectivity index (χ0) is 15.9. The van der Waals surface area contributed by atoms with Crippen LogP contribution in [-0.2, 0) is 0 Å². The number of ketones is 1. The van der Waals surface area contributed by atoms with Gasteiger partial charge in [-0.1, -0.05) is 24.8 Å². The standard InChI is InChI=1S/C17H16O3S2/c1-3-11-12-5-4-10(21-2)8-14(12)22-15-7-9(18)6-13(19)16(15)17(11)20/h4-8,11,18-19H,3H2,1-2H3. The van der Waals surface area contributed by atoms with Gasteiger partial charge >= 0.3 is 0 Å². The van der Waals surface area contributed by atoms with E-state index in [-0.39, 0.29) is 23.2 Å². The Morgan fingerprint density at radius 2 is 1.95 bits per heavy atom. The Morgan fingerprint density at radius 1 is 1.18 bits per heavy atom. The molecule has 2 N–H and O–H groups in total. The van der Waals surface area contributed by atoms with E-state index in [1.165, 1.54) is 17.8 Å². The number of aromatic hydroxyl groups is 2. The Balaban J connectivity index is 2.25. The van der Waals surface area contributed by atoms with Crippen molar-refractivity contribution < 1.29 is 15.0 Å². The number of benzene rings is 2. The summed E-state index contributed by atoms with van der Waals surface area (Å²) >= 11 is 3.08. The number of carbonyl (C=O) groups excluding carboxylic acids is 1. The lowest BCUT2D eigenvalue weighted by Gasteiger charge is -2.15. The average Bonchev–Trinajstić information content (AvgIpc) is 2.59. The highest BCUT2D eigenvalue weighted by Crippen LogP contribution is 2.47. The van der Waals surface area contributed by atoms with Crippen LogP contribution in [0.5, 0.6) is 11.5 Å². The average molecular weight is 332 g/mol. The van der Waals surface area contributed by atoms with Crippen LogP contribution in [0.3, 0.4) is 0 Å². The molecule has 0 radical (unpaired) electrons. The largest absolute Gasteiger partial charge is 0.508 e. The van der Waals surface area contributed by atoms with Gasteiger partial charge in [0.15, 0.2) is 5.78 Å². The zero-order valence-electron chi connectivity index (χ0n) is 12.3. The van der Waals surface area contributed by atoms with E-state index in [1.807, 2.05) is 25.3 Å². The first-order valence-electron chi connectivity index (χ1n) is 7.01. The van der Waals surface area contributed by atoms with Crippen LogP contribution in [0.15, 0.2) is 45.0 Å². The van der Waals surface area contributed by atoms with E-state index in [1.54, 1.807) is 17.8 Å². The van der Waals surface area contributed by atoms with Gasteiger partial charge in [-0.25, -0.2) is 0 Å². The van der Waals surface area contributed by atoms with E-state index in [9.17, 15) is 15.0 Å². The molecular weight excluding hydrogens is 316 g/mol. The van der Waals surface area contributed by atoms with Crippen molar-refractivity contribution in [1.29, 1.82) is 0 Å². The van der Waals surface area contributed by atoms with Gasteiger partial charge in [-0.3, -0.25) is 4.79 Å². The molecule has 1 aliphatic heterocycles.